The summed E-state index contributed by atoms with van der Waals surface area (Å²) in [6.07, 6.45) is 1.55. The molecular weight excluding hydrogens is 308 g/mol. The van der Waals surface area contributed by atoms with E-state index in [0.717, 1.165) is 37.3 Å². The average Bonchev–Trinajstić information content (AvgIpc) is 2.56. The molecule has 0 radical (unpaired) electrons. The second kappa shape index (κ2) is 7.16. The number of hydrogen-bond donors (Lipinski definition) is 1. The third kappa shape index (κ3) is 4.12. The smallest absolute Gasteiger partial charge is 0.225 e. The van der Waals surface area contributed by atoms with Gasteiger partial charge in [-0.2, -0.15) is 0 Å². The Morgan fingerprint density at radius 3 is 2.78 bits per heavy atom. The van der Waals surface area contributed by atoms with Gasteiger partial charge in [0.05, 0.1) is 0 Å². The predicted octanol–water partition coefficient (Wildman–Crippen LogP) is 4.04. The number of carbonyl (C=O) groups is 1. The van der Waals surface area contributed by atoms with E-state index in [1.165, 1.54) is 11.1 Å². The maximum atomic E-state index is 12.1. The molecule has 0 aromatic heterocycles. The van der Waals surface area contributed by atoms with Gasteiger partial charge in [0.15, 0.2) is 0 Å². The first-order chi connectivity index (χ1) is 11.1. The molecule has 1 aliphatic heterocycles. The van der Waals surface area contributed by atoms with Crippen LogP contribution >= 0.6 is 11.6 Å². The molecule has 2 aromatic carbocycles. The van der Waals surface area contributed by atoms with Crippen molar-refractivity contribution in [3.63, 3.8) is 0 Å². The van der Waals surface area contributed by atoms with E-state index in [4.69, 9.17) is 11.6 Å². The van der Waals surface area contributed by atoms with Crippen molar-refractivity contribution in [2.24, 2.45) is 0 Å². The van der Waals surface area contributed by atoms with E-state index >= 15 is 0 Å². The molecule has 3 rings (SSSR count). The number of nitrogens with zero attached hydrogens (tertiary/aromatic N) is 1. The van der Waals surface area contributed by atoms with Gasteiger partial charge in [0, 0.05) is 36.8 Å². The van der Waals surface area contributed by atoms with Crippen LogP contribution in [0.15, 0.2) is 42.5 Å². The van der Waals surface area contributed by atoms with Crippen molar-refractivity contribution in [3.8, 4) is 0 Å². The number of nitrogens with one attached hydrogen (secondary N) is 1. The molecule has 2 aromatic rings. The SMILES string of the molecule is Cc1ccc(NC(=O)CCN2CCc3ccccc3C2)cc1Cl. The van der Waals surface area contributed by atoms with Gasteiger partial charge in [-0.15, -0.1) is 0 Å². The molecule has 4 heteroatoms. The van der Waals surface area contributed by atoms with E-state index in [9.17, 15) is 4.79 Å². The minimum atomic E-state index is 0.0313. The van der Waals surface area contributed by atoms with Gasteiger partial charge in [-0.05, 0) is 42.2 Å². The molecule has 3 nitrogen and oxygen atoms in total. The molecule has 120 valence electrons. The summed E-state index contributed by atoms with van der Waals surface area (Å²) in [4.78, 5) is 14.5. The van der Waals surface area contributed by atoms with Gasteiger partial charge >= 0.3 is 0 Å². The van der Waals surface area contributed by atoms with E-state index in [1.54, 1.807) is 6.07 Å². The molecule has 1 aliphatic rings. The van der Waals surface area contributed by atoms with E-state index in [-0.39, 0.29) is 5.91 Å². The first-order valence-corrected chi connectivity index (χ1v) is 8.35. The van der Waals surface area contributed by atoms with Crippen molar-refractivity contribution in [3.05, 3.63) is 64.2 Å². The van der Waals surface area contributed by atoms with Crippen LogP contribution in [0, 0.1) is 6.92 Å². The number of rotatable bonds is 4. The topological polar surface area (TPSA) is 32.3 Å². The van der Waals surface area contributed by atoms with Crippen molar-refractivity contribution in [1.82, 2.24) is 4.90 Å². The normalized spacial score (nSPS) is 14.3. The summed E-state index contributed by atoms with van der Waals surface area (Å²) in [6.45, 7) is 4.67. The van der Waals surface area contributed by atoms with Crippen LogP contribution in [0.5, 0.6) is 0 Å². The summed E-state index contributed by atoms with van der Waals surface area (Å²) in [5.74, 6) is 0.0313. The van der Waals surface area contributed by atoms with Crippen LogP contribution in [0.4, 0.5) is 5.69 Å². The van der Waals surface area contributed by atoms with E-state index < -0.39 is 0 Å². The molecule has 0 aliphatic carbocycles. The second-order valence-corrected chi connectivity index (χ2v) is 6.46. The van der Waals surface area contributed by atoms with Crippen LogP contribution in [-0.2, 0) is 17.8 Å². The van der Waals surface area contributed by atoms with Gasteiger partial charge in [0.25, 0.3) is 0 Å². The Morgan fingerprint density at radius 1 is 1.22 bits per heavy atom. The maximum Gasteiger partial charge on any atom is 0.225 e. The zero-order valence-electron chi connectivity index (χ0n) is 13.3. The highest BCUT2D eigenvalue weighted by Crippen LogP contribution is 2.21. The Labute approximate surface area is 142 Å². The van der Waals surface area contributed by atoms with Crippen molar-refractivity contribution in [1.29, 1.82) is 0 Å². The van der Waals surface area contributed by atoms with Crippen LogP contribution in [0.1, 0.15) is 23.1 Å². The fraction of sp³-hybridized carbons (Fsp3) is 0.316. The van der Waals surface area contributed by atoms with Gasteiger partial charge in [-0.25, -0.2) is 0 Å². The molecule has 0 fully saturated rings. The summed E-state index contributed by atoms with van der Waals surface area (Å²) in [6, 6.07) is 14.1. The molecule has 0 atom stereocenters. The Kier molecular flexibility index (Phi) is 4.99. The van der Waals surface area contributed by atoms with Gasteiger partial charge in [-0.3, -0.25) is 9.69 Å². The molecule has 0 saturated carbocycles. The monoisotopic (exact) mass is 328 g/mol. The predicted molar refractivity (Wildman–Crippen MR) is 94.9 cm³/mol. The summed E-state index contributed by atoms with van der Waals surface area (Å²) >= 11 is 6.08. The Bertz CT molecular complexity index is 714. The number of carbonyl (C=O) groups excluding carboxylic acids is 1. The van der Waals surface area contributed by atoms with E-state index in [1.807, 2.05) is 19.1 Å². The fourth-order valence-corrected chi connectivity index (χ4v) is 3.08. The van der Waals surface area contributed by atoms with Crippen LogP contribution in [0.25, 0.3) is 0 Å². The fourth-order valence-electron chi connectivity index (χ4n) is 2.90. The minimum Gasteiger partial charge on any atom is -0.326 e. The minimum absolute atomic E-state index is 0.0313. The summed E-state index contributed by atoms with van der Waals surface area (Å²) in [5.41, 5.74) is 4.58. The van der Waals surface area contributed by atoms with Gasteiger partial charge in [-0.1, -0.05) is 41.9 Å². The average molecular weight is 329 g/mol. The highest BCUT2D eigenvalue weighted by Gasteiger charge is 2.16. The molecule has 1 amide bonds. The quantitative estimate of drug-likeness (QED) is 0.918. The highest BCUT2D eigenvalue weighted by molar-refractivity contribution is 6.31. The Morgan fingerprint density at radius 2 is 2.00 bits per heavy atom. The lowest BCUT2D eigenvalue weighted by molar-refractivity contribution is -0.116. The van der Waals surface area contributed by atoms with Gasteiger partial charge < -0.3 is 5.32 Å². The molecule has 23 heavy (non-hydrogen) atoms. The number of amides is 1. The van der Waals surface area contributed by atoms with Crippen molar-refractivity contribution in [2.75, 3.05) is 18.4 Å². The zero-order valence-corrected chi connectivity index (χ0v) is 14.1. The van der Waals surface area contributed by atoms with E-state index in [0.29, 0.717) is 11.4 Å². The van der Waals surface area contributed by atoms with Gasteiger partial charge in [0.2, 0.25) is 5.91 Å². The van der Waals surface area contributed by atoms with Crippen molar-refractivity contribution >= 4 is 23.2 Å². The largest absolute Gasteiger partial charge is 0.326 e. The summed E-state index contributed by atoms with van der Waals surface area (Å²) < 4.78 is 0. The standard InChI is InChI=1S/C19H21ClN2O/c1-14-6-7-17(12-18(14)20)21-19(23)9-11-22-10-8-15-4-2-3-5-16(15)13-22/h2-7,12H,8-11,13H2,1H3,(H,21,23). The molecule has 0 unspecified atom stereocenters. The number of hydrogen-bond acceptors (Lipinski definition) is 2. The van der Waals surface area contributed by atoms with Crippen LogP contribution in [0.3, 0.4) is 0 Å². The first-order valence-electron chi connectivity index (χ1n) is 7.97. The number of fused-ring (bicyclic) bond motifs is 1. The highest BCUT2D eigenvalue weighted by atomic mass is 35.5. The van der Waals surface area contributed by atoms with Crippen LogP contribution in [0.2, 0.25) is 5.02 Å². The third-order valence-electron chi connectivity index (χ3n) is 4.32. The molecule has 0 spiro atoms. The van der Waals surface area contributed by atoms with E-state index in [2.05, 4.69) is 34.5 Å². The summed E-state index contributed by atoms with van der Waals surface area (Å²) in [7, 11) is 0. The van der Waals surface area contributed by atoms with Crippen molar-refractivity contribution in [2.45, 2.75) is 26.3 Å². The Hall–Kier alpha value is -1.84. The second-order valence-electron chi connectivity index (χ2n) is 6.06. The lowest BCUT2D eigenvalue weighted by Gasteiger charge is -2.28. The van der Waals surface area contributed by atoms with Gasteiger partial charge in [0.1, 0.15) is 0 Å². The lowest BCUT2D eigenvalue weighted by atomic mass is 10.00. The summed E-state index contributed by atoms with van der Waals surface area (Å²) in [5, 5.41) is 3.59. The molecule has 0 bridgehead atoms. The molecule has 0 saturated heterocycles. The van der Waals surface area contributed by atoms with Crippen LogP contribution in [-0.4, -0.2) is 23.9 Å². The Balaban J connectivity index is 1.51. The number of anilines is 1. The number of halogens is 1. The lowest BCUT2D eigenvalue weighted by Crippen LogP contribution is -2.33. The molecule has 1 N–H and O–H groups in total. The zero-order chi connectivity index (χ0) is 16.2. The molecule has 1 heterocycles. The van der Waals surface area contributed by atoms with Crippen LogP contribution < -0.4 is 5.32 Å². The maximum absolute atomic E-state index is 12.1. The van der Waals surface area contributed by atoms with Crippen molar-refractivity contribution < 1.29 is 4.79 Å². The number of benzene rings is 2. The number of aryl methyl sites for hydroxylation is 1. The first kappa shape index (κ1) is 16.0. The molecular formula is C19H21ClN2O. The third-order valence-corrected chi connectivity index (χ3v) is 4.73.